The Balaban J connectivity index is 1.46. The van der Waals surface area contributed by atoms with E-state index in [-0.39, 0.29) is 0 Å². The van der Waals surface area contributed by atoms with Gasteiger partial charge in [-0.2, -0.15) is 0 Å². The third kappa shape index (κ3) is 3.50. The number of rotatable bonds is 3. The van der Waals surface area contributed by atoms with Crippen LogP contribution in [0.25, 0.3) is 0 Å². The zero-order chi connectivity index (χ0) is 13.2. The van der Waals surface area contributed by atoms with Crippen molar-refractivity contribution in [3.63, 3.8) is 0 Å². The van der Waals surface area contributed by atoms with Gasteiger partial charge in [-0.25, -0.2) is 0 Å². The molecule has 3 heteroatoms. The van der Waals surface area contributed by atoms with E-state index in [4.69, 9.17) is 0 Å². The maximum Gasteiger partial charge on any atom is 0.225 e. The highest BCUT2D eigenvalue weighted by molar-refractivity contribution is 5.81. The molecule has 2 aliphatic heterocycles. The van der Waals surface area contributed by atoms with Crippen LogP contribution < -0.4 is 0 Å². The largest absolute Gasteiger partial charge is 0.342 e. The standard InChI is InChI=1S/C16H28N2O/c1-13-6-9-17(10-7-13)11-14-3-2-8-18(12-14)16(19)15-4-5-15/h13-15H,2-12H2,1H3. The molecule has 0 N–H and O–H groups in total. The number of piperidine rings is 2. The number of hydrogen-bond donors (Lipinski definition) is 0. The van der Waals surface area contributed by atoms with Crippen LogP contribution in [0.2, 0.25) is 0 Å². The average molecular weight is 264 g/mol. The van der Waals surface area contributed by atoms with E-state index in [2.05, 4.69) is 16.7 Å². The Labute approximate surface area is 117 Å². The summed E-state index contributed by atoms with van der Waals surface area (Å²) in [4.78, 5) is 17.0. The van der Waals surface area contributed by atoms with Crippen molar-refractivity contribution >= 4 is 5.91 Å². The van der Waals surface area contributed by atoms with E-state index in [9.17, 15) is 4.79 Å². The second-order valence-corrected chi connectivity index (χ2v) is 7.05. The summed E-state index contributed by atoms with van der Waals surface area (Å²) in [7, 11) is 0. The van der Waals surface area contributed by atoms with Crippen molar-refractivity contribution in [1.82, 2.24) is 9.80 Å². The Hall–Kier alpha value is -0.570. The number of carbonyl (C=O) groups excluding carboxylic acids is 1. The Morgan fingerprint density at radius 1 is 1.05 bits per heavy atom. The van der Waals surface area contributed by atoms with E-state index in [0.717, 1.165) is 37.8 Å². The fourth-order valence-electron chi connectivity index (χ4n) is 3.61. The maximum absolute atomic E-state index is 12.2. The van der Waals surface area contributed by atoms with Gasteiger partial charge in [0.05, 0.1) is 0 Å². The van der Waals surface area contributed by atoms with Crippen LogP contribution in [-0.2, 0) is 4.79 Å². The normalized spacial score (nSPS) is 30.6. The van der Waals surface area contributed by atoms with E-state index >= 15 is 0 Å². The van der Waals surface area contributed by atoms with Crippen LogP contribution >= 0.6 is 0 Å². The van der Waals surface area contributed by atoms with Crippen molar-refractivity contribution in [3.8, 4) is 0 Å². The van der Waals surface area contributed by atoms with Gasteiger partial charge in [0.2, 0.25) is 5.91 Å². The number of likely N-dealkylation sites (tertiary alicyclic amines) is 2. The lowest BCUT2D eigenvalue weighted by atomic mass is 9.94. The first-order valence-electron chi connectivity index (χ1n) is 8.23. The SMILES string of the molecule is CC1CCN(CC2CCCN(C(=O)C3CC3)C2)CC1. The van der Waals surface area contributed by atoms with Gasteiger partial charge in [-0.1, -0.05) is 6.92 Å². The number of hydrogen-bond acceptors (Lipinski definition) is 2. The van der Waals surface area contributed by atoms with Gasteiger partial charge < -0.3 is 9.80 Å². The van der Waals surface area contributed by atoms with E-state index in [1.807, 2.05) is 0 Å². The molecular formula is C16H28N2O. The van der Waals surface area contributed by atoms with Crippen LogP contribution in [0, 0.1) is 17.8 Å². The van der Waals surface area contributed by atoms with Gasteiger partial charge in [0.1, 0.15) is 0 Å². The van der Waals surface area contributed by atoms with E-state index in [1.54, 1.807) is 0 Å². The van der Waals surface area contributed by atoms with E-state index in [1.165, 1.54) is 45.3 Å². The summed E-state index contributed by atoms with van der Waals surface area (Å²) in [6, 6.07) is 0. The van der Waals surface area contributed by atoms with Gasteiger partial charge in [-0.3, -0.25) is 4.79 Å². The van der Waals surface area contributed by atoms with Crippen molar-refractivity contribution in [2.24, 2.45) is 17.8 Å². The molecule has 108 valence electrons. The van der Waals surface area contributed by atoms with Crippen LogP contribution in [0.1, 0.15) is 45.4 Å². The molecule has 0 radical (unpaired) electrons. The highest BCUT2D eigenvalue weighted by atomic mass is 16.2. The molecule has 2 heterocycles. The van der Waals surface area contributed by atoms with Crippen LogP contribution in [0.15, 0.2) is 0 Å². The summed E-state index contributed by atoms with van der Waals surface area (Å²) >= 11 is 0. The second kappa shape index (κ2) is 5.82. The van der Waals surface area contributed by atoms with E-state index < -0.39 is 0 Å². The first-order chi connectivity index (χ1) is 9.22. The highest BCUT2D eigenvalue weighted by Crippen LogP contribution is 2.32. The molecule has 19 heavy (non-hydrogen) atoms. The van der Waals surface area contributed by atoms with Gasteiger partial charge in [0, 0.05) is 25.6 Å². The van der Waals surface area contributed by atoms with Gasteiger partial charge >= 0.3 is 0 Å². The molecule has 3 rings (SSSR count). The molecule has 0 aromatic carbocycles. The monoisotopic (exact) mass is 264 g/mol. The van der Waals surface area contributed by atoms with Crippen LogP contribution in [0.5, 0.6) is 0 Å². The molecule has 1 atom stereocenters. The molecular weight excluding hydrogens is 236 g/mol. The fraction of sp³-hybridized carbons (Fsp3) is 0.938. The zero-order valence-electron chi connectivity index (χ0n) is 12.3. The summed E-state index contributed by atoms with van der Waals surface area (Å²) < 4.78 is 0. The van der Waals surface area contributed by atoms with Gasteiger partial charge in [0.15, 0.2) is 0 Å². The third-order valence-corrected chi connectivity index (χ3v) is 5.15. The van der Waals surface area contributed by atoms with E-state index in [0.29, 0.717) is 11.8 Å². The first kappa shape index (κ1) is 13.4. The lowest BCUT2D eigenvalue weighted by molar-refractivity contribution is -0.134. The molecule has 3 aliphatic rings. The summed E-state index contributed by atoms with van der Waals surface area (Å²) in [5.41, 5.74) is 0. The zero-order valence-corrected chi connectivity index (χ0v) is 12.3. The number of amides is 1. The van der Waals surface area contributed by atoms with Crippen molar-refractivity contribution in [1.29, 1.82) is 0 Å². The molecule has 1 unspecified atom stereocenters. The number of carbonyl (C=O) groups is 1. The smallest absolute Gasteiger partial charge is 0.225 e. The second-order valence-electron chi connectivity index (χ2n) is 7.05. The minimum absolute atomic E-state index is 0.398. The number of nitrogens with zero attached hydrogens (tertiary/aromatic N) is 2. The molecule has 1 aliphatic carbocycles. The van der Waals surface area contributed by atoms with Crippen LogP contribution in [0.3, 0.4) is 0 Å². The Kier molecular flexibility index (Phi) is 4.11. The third-order valence-electron chi connectivity index (χ3n) is 5.15. The van der Waals surface area contributed by atoms with Crippen molar-refractivity contribution in [2.45, 2.75) is 45.4 Å². The molecule has 0 spiro atoms. The van der Waals surface area contributed by atoms with Crippen molar-refractivity contribution < 1.29 is 4.79 Å². The minimum atomic E-state index is 0.398. The summed E-state index contributed by atoms with van der Waals surface area (Å²) in [6.07, 6.45) is 7.54. The topological polar surface area (TPSA) is 23.6 Å². The van der Waals surface area contributed by atoms with Crippen LogP contribution in [0.4, 0.5) is 0 Å². The fourth-order valence-corrected chi connectivity index (χ4v) is 3.61. The highest BCUT2D eigenvalue weighted by Gasteiger charge is 2.35. The van der Waals surface area contributed by atoms with Crippen LogP contribution in [-0.4, -0.2) is 48.4 Å². The molecule has 0 bridgehead atoms. The molecule has 1 amide bonds. The average Bonchev–Trinajstić information content (AvgIpc) is 3.25. The van der Waals surface area contributed by atoms with Gasteiger partial charge in [0.25, 0.3) is 0 Å². The Bertz CT molecular complexity index is 319. The lowest BCUT2D eigenvalue weighted by Crippen LogP contribution is -2.45. The Morgan fingerprint density at radius 3 is 2.47 bits per heavy atom. The molecule has 0 aromatic rings. The summed E-state index contributed by atoms with van der Waals surface area (Å²) in [5, 5.41) is 0. The lowest BCUT2D eigenvalue weighted by Gasteiger charge is -2.38. The van der Waals surface area contributed by atoms with Crippen molar-refractivity contribution in [2.75, 3.05) is 32.7 Å². The molecule has 3 nitrogen and oxygen atoms in total. The van der Waals surface area contributed by atoms with Gasteiger partial charge in [-0.05, 0) is 63.5 Å². The predicted octanol–water partition coefficient (Wildman–Crippen LogP) is 2.37. The molecule has 0 aromatic heterocycles. The molecule has 3 fully saturated rings. The van der Waals surface area contributed by atoms with Crippen molar-refractivity contribution in [3.05, 3.63) is 0 Å². The quantitative estimate of drug-likeness (QED) is 0.781. The first-order valence-corrected chi connectivity index (χ1v) is 8.23. The maximum atomic E-state index is 12.2. The Morgan fingerprint density at radius 2 is 1.79 bits per heavy atom. The minimum Gasteiger partial charge on any atom is -0.342 e. The summed E-state index contributed by atoms with van der Waals surface area (Å²) in [5.74, 6) is 2.49. The predicted molar refractivity (Wildman–Crippen MR) is 76.9 cm³/mol. The molecule has 1 saturated carbocycles. The molecule has 2 saturated heterocycles. The summed E-state index contributed by atoms with van der Waals surface area (Å²) in [6.45, 7) is 8.18. The van der Waals surface area contributed by atoms with Gasteiger partial charge in [-0.15, -0.1) is 0 Å².